The highest BCUT2D eigenvalue weighted by Gasteiger charge is 2.26. The maximum absolute atomic E-state index is 12.5. The molecular weight excluding hydrogens is 322 g/mol. The van der Waals surface area contributed by atoms with Gasteiger partial charge in [-0.3, -0.25) is 0 Å². The number of oxime groups is 1. The van der Waals surface area contributed by atoms with E-state index in [-0.39, 0.29) is 13.2 Å². The van der Waals surface area contributed by atoms with Crippen LogP contribution in [-0.4, -0.2) is 47.0 Å². The molecule has 0 aliphatic heterocycles. The average molecular weight is 347 g/mol. The number of urea groups is 1. The molecule has 136 valence electrons. The molecule has 0 heterocycles. The predicted octanol–water partition coefficient (Wildman–Crippen LogP) is 3.25. The normalized spacial score (nSPS) is 12.2. The number of esters is 1. The molecule has 0 radical (unpaired) electrons. The van der Waals surface area contributed by atoms with Gasteiger partial charge in [-0.2, -0.15) is 0 Å². The van der Waals surface area contributed by atoms with Crippen molar-refractivity contribution in [3.63, 3.8) is 0 Å². The lowest BCUT2D eigenvalue weighted by molar-refractivity contribution is -0.147. The number of hydrogen-bond donors (Lipinski definition) is 2. The number of carbonyl (C=O) groups excluding carboxylic acids is 2. The number of carbonyl (C=O) groups is 2. The first-order valence-electron chi connectivity index (χ1n) is 8.14. The van der Waals surface area contributed by atoms with Gasteiger partial charge in [0.15, 0.2) is 0 Å². The molecule has 1 atom stereocenters. The lowest BCUT2D eigenvalue weighted by atomic mass is 10.1. The van der Waals surface area contributed by atoms with Crippen molar-refractivity contribution in [1.82, 2.24) is 4.90 Å². The van der Waals surface area contributed by atoms with Crippen LogP contribution in [0.15, 0.2) is 42.1 Å². The van der Waals surface area contributed by atoms with Crippen LogP contribution in [0.2, 0.25) is 0 Å². The summed E-state index contributed by atoms with van der Waals surface area (Å²) in [4.78, 5) is 25.7. The molecule has 0 bridgehead atoms. The van der Waals surface area contributed by atoms with E-state index in [4.69, 9.17) is 9.94 Å². The Balaban J connectivity index is 2.86. The van der Waals surface area contributed by atoms with Gasteiger partial charge < -0.3 is 20.2 Å². The van der Waals surface area contributed by atoms with E-state index in [1.165, 1.54) is 4.90 Å². The van der Waals surface area contributed by atoms with Gasteiger partial charge in [0.2, 0.25) is 0 Å². The van der Waals surface area contributed by atoms with Gasteiger partial charge in [0, 0.05) is 12.2 Å². The summed E-state index contributed by atoms with van der Waals surface area (Å²) in [5.41, 5.74) is 1.89. The molecule has 0 saturated carbocycles. The summed E-state index contributed by atoms with van der Waals surface area (Å²) in [6.07, 6.45) is 2.13. The molecule has 0 aliphatic carbocycles. The van der Waals surface area contributed by atoms with Crippen LogP contribution in [0.1, 0.15) is 32.8 Å². The Morgan fingerprint density at radius 2 is 2.00 bits per heavy atom. The van der Waals surface area contributed by atoms with Crippen LogP contribution >= 0.6 is 0 Å². The quantitative estimate of drug-likeness (QED) is 0.248. The van der Waals surface area contributed by atoms with E-state index in [9.17, 15) is 9.59 Å². The smallest absolute Gasteiger partial charge is 0.328 e. The topological polar surface area (TPSA) is 91.2 Å². The fourth-order valence-corrected chi connectivity index (χ4v) is 2.22. The number of anilines is 1. The fraction of sp³-hybridized carbons (Fsp3) is 0.389. The van der Waals surface area contributed by atoms with Gasteiger partial charge in [-0.25, -0.2) is 9.59 Å². The molecule has 0 saturated heterocycles. The minimum absolute atomic E-state index is 0.209. The van der Waals surface area contributed by atoms with Crippen LogP contribution in [0, 0.1) is 0 Å². The van der Waals surface area contributed by atoms with Crippen LogP contribution in [0.25, 0.3) is 0 Å². The molecule has 7 heteroatoms. The summed E-state index contributed by atoms with van der Waals surface area (Å²) >= 11 is 0. The van der Waals surface area contributed by atoms with Crippen molar-refractivity contribution < 1.29 is 19.5 Å². The van der Waals surface area contributed by atoms with Gasteiger partial charge in [0.25, 0.3) is 0 Å². The number of benzene rings is 1. The van der Waals surface area contributed by atoms with Crippen LogP contribution in [-0.2, 0) is 9.53 Å². The van der Waals surface area contributed by atoms with Crippen molar-refractivity contribution in [1.29, 1.82) is 0 Å². The molecule has 1 rings (SSSR count). The second kappa shape index (κ2) is 10.1. The molecule has 0 spiro atoms. The zero-order valence-corrected chi connectivity index (χ0v) is 14.9. The summed E-state index contributed by atoms with van der Waals surface area (Å²) in [7, 11) is 0. The Bertz CT molecular complexity index is 626. The summed E-state index contributed by atoms with van der Waals surface area (Å²) < 4.78 is 4.97. The standard InChI is InChI=1S/C18H25N3O4/c1-5-12-21(13(4)17(22)25-7-3)18(23)19-15-10-8-14(9-11-15)16(6-2)20-24/h5,8-11,13,24H,1,6-7,12H2,2-4H3,(H,19,23)/b20-16+. The molecule has 2 amide bonds. The first kappa shape index (κ1) is 20.2. The lowest BCUT2D eigenvalue weighted by Gasteiger charge is -2.26. The molecule has 0 aromatic heterocycles. The Morgan fingerprint density at radius 3 is 2.48 bits per heavy atom. The monoisotopic (exact) mass is 347 g/mol. The molecule has 1 unspecified atom stereocenters. The summed E-state index contributed by atoms with van der Waals surface area (Å²) in [5, 5.41) is 14.9. The zero-order valence-electron chi connectivity index (χ0n) is 14.9. The number of nitrogens with zero attached hydrogens (tertiary/aromatic N) is 2. The number of amides is 2. The van der Waals surface area contributed by atoms with Crippen LogP contribution in [0.4, 0.5) is 10.5 Å². The van der Waals surface area contributed by atoms with Crippen molar-refractivity contribution in [3.8, 4) is 0 Å². The Morgan fingerprint density at radius 1 is 1.36 bits per heavy atom. The SMILES string of the molecule is C=CCN(C(=O)Nc1ccc(/C(CC)=N/O)cc1)C(C)C(=O)OCC. The van der Waals surface area contributed by atoms with E-state index in [2.05, 4.69) is 17.1 Å². The van der Waals surface area contributed by atoms with Gasteiger partial charge in [0.1, 0.15) is 6.04 Å². The van der Waals surface area contributed by atoms with Crippen LogP contribution < -0.4 is 5.32 Å². The highest BCUT2D eigenvalue weighted by atomic mass is 16.5. The van der Waals surface area contributed by atoms with Gasteiger partial charge in [-0.15, -0.1) is 6.58 Å². The fourth-order valence-electron chi connectivity index (χ4n) is 2.22. The summed E-state index contributed by atoms with van der Waals surface area (Å²) in [5.74, 6) is -0.471. The molecule has 0 aliphatic rings. The third kappa shape index (κ3) is 5.63. The lowest BCUT2D eigenvalue weighted by Crippen LogP contribution is -2.46. The minimum atomic E-state index is -0.731. The maximum atomic E-state index is 12.5. The number of ether oxygens (including phenoxy) is 1. The highest BCUT2D eigenvalue weighted by molar-refractivity contribution is 6.00. The average Bonchev–Trinajstić information content (AvgIpc) is 2.61. The molecule has 2 N–H and O–H groups in total. The molecular formula is C18H25N3O4. The summed E-state index contributed by atoms with van der Waals surface area (Å²) in [6, 6.07) is 5.75. The van der Waals surface area contributed by atoms with E-state index in [0.29, 0.717) is 17.8 Å². The number of rotatable bonds is 8. The van der Waals surface area contributed by atoms with Crippen molar-refractivity contribution >= 4 is 23.4 Å². The predicted molar refractivity (Wildman–Crippen MR) is 97.1 cm³/mol. The summed E-state index contributed by atoms with van der Waals surface area (Å²) in [6.45, 7) is 9.28. The van der Waals surface area contributed by atoms with Crippen LogP contribution in [0.5, 0.6) is 0 Å². The molecule has 7 nitrogen and oxygen atoms in total. The second-order valence-electron chi connectivity index (χ2n) is 5.28. The van der Waals surface area contributed by atoms with Gasteiger partial charge in [-0.1, -0.05) is 30.3 Å². The van der Waals surface area contributed by atoms with Crippen molar-refractivity contribution in [3.05, 3.63) is 42.5 Å². The van der Waals surface area contributed by atoms with Crippen molar-refractivity contribution in [2.75, 3.05) is 18.5 Å². The Kier molecular flexibility index (Phi) is 8.18. The molecule has 1 aromatic rings. The van der Waals surface area contributed by atoms with Crippen molar-refractivity contribution in [2.24, 2.45) is 5.16 Å². The third-order valence-electron chi connectivity index (χ3n) is 3.61. The first-order chi connectivity index (χ1) is 12.0. The highest BCUT2D eigenvalue weighted by Crippen LogP contribution is 2.14. The zero-order chi connectivity index (χ0) is 18.8. The van der Waals surface area contributed by atoms with E-state index in [1.54, 1.807) is 44.2 Å². The van der Waals surface area contributed by atoms with Crippen LogP contribution in [0.3, 0.4) is 0 Å². The third-order valence-corrected chi connectivity index (χ3v) is 3.61. The molecule has 0 fully saturated rings. The molecule has 25 heavy (non-hydrogen) atoms. The van der Waals surface area contributed by atoms with E-state index in [1.807, 2.05) is 6.92 Å². The molecule has 1 aromatic carbocycles. The number of nitrogens with one attached hydrogen (secondary N) is 1. The Hall–Kier alpha value is -2.83. The van der Waals surface area contributed by atoms with E-state index < -0.39 is 18.0 Å². The van der Waals surface area contributed by atoms with Gasteiger partial charge >= 0.3 is 12.0 Å². The van der Waals surface area contributed by atoms with Gasteiger partial charge in [-0.05, 0) is 38.0 Å². The minimum Gasteiger partial charge on any atom is -0.464 e. The van der Waals surface area contributed by atoms with Gasteiger partial charge in [0.05, 0.1) is 12.3 Å². The number of hydrogen-bond acceptors (Lipinski definition) is 5. The largest absolute Gasteiger partial charge is 0.464 e. The Labute approximate surface area is 148 Å². The first-order valence-corrected chi connectivity index (χ1v) is 8.14. The second-order valence-corrected chi connectivity index (χ2v) is 5.28. The van der Waals surface area contributed by atoms with E-state index >= 15 is 0 Å². The van der Waals surface area contributed by atoms with E-state index in [0.717, 1.165) is 5.56 Å². The maximum Gasteiger partial charge on any atom is 0.328 e. The van der Waals surface area contributed by atoms with Crippen molar-refractivity contribution in [2.45, 2.75) is 33.2 Å².